The lowest BCUT2D eigenvalue weighted by molar-refractivity contribution is -0.127. The number of aromatic nitrogens is 1. The van der Waals surface area contributed by atoms with Gasteiger partial charge in [0.1, 0.15) is 5.75 Å². The Hall–Kier alpha value is -2.08. The summed E-state index contributed by atoms with van der Waals surface area (Å²) in [5.74, 6) is 0.593. The van der Waals surface area contributed by atoms with E-state index in [1.165, 1.54) is 6.07 Å². The molecule has 0 saturated heterocycles. The third-order valence-electron chi connectivity index (χ3n) is 3.30. The number of H-pyrrole nitrogens is 1. The number of carbonyl (C=O) groups is 1. The van der Waals surface area contributed by atoms with Crippen molar-refractivity contribution in [2.45, 2.75) is 19.1 Å². The number of ether oxygens (including phenoxy) is 1. The van der Waals surface area contributed by atoms with E-state index in [4.69, 9.17) is 4.74 Å². The van der Waals surface area contributed by atoms with Crippen LogP contribution in [0.5, 0.6) is 5.75 Å². The predicted octanol–water partition coefficient (Wildman–Crippen LogP) is 1.76. The summed E-state index contributed by atoms with van der Waals surface area (Å²) in [6, 6.07) is 8.82. The van der Waals surface area contributed by atoms with Gasteiger partial charge in [-0.2, -0.15) is 0 Å². The molecule has 1 aliphatic rings. The molecule has 0 aliphatic carbocycles. The first-order valence-corrected chi connectivity index (χ1v) is 7.31. The van der Waals surface area contributed by atoms with E-state index in [9.17, 15) is 9.59 Å². The van der Waals surface area contributed by atoms with Gasteiger partial charge in [0.15, 0.2) is 6.10 Å². The van der Waals surface area contributed by atoms with E-state index in [-0.39, 0.29) is 11.5 Å². The second kappa shape index (κ2) is 5.73. The molecule has 0 spiro atoms. The average Bonchev–Trinajstić information content (AvgIpc) is 2.89. The lowest BCUT2D eigenvalue weighted by Gasteiger charge is -2.11. The number of benzene rings is 1. The quantitative estimate of drug-likeness (QED) is 0.887. The zero-order chi connectivity index (χ0) is 14.8. The molecule has 0 bridgehead atoms. The van der Waals surface area contributed by atoms with Crippen LogP contribution in [0.4, 0.5) is 0 Å². The summed E-state index contributed by atoms with van der Waals surface area (Å²) >= 11 is 3.40. The van der Waals surface area contributed by atoms with Crippen LogP contribution in [0.25, 0.3) is 0 Å². The molecule has 108 valence electrons. The van der Waals surface area contributed by atoms with Gasteiger partial charge in [0.05, 0.1) is 0 Å². The van der Waals surface area contributed by atoms with Crippen molar-refractivity contribution >= 4 is 21.8 Å². The number of nitrogens with one attached hydrogen (secondary N) is 2. The Morgan fingerprint density at radius 1 is 1.38 bits per heavy atom. The molecular weight excluding hydrogens is 336 g/mol. The predicted molar refractivity (Wildman–Crippen MR) is 81.2 cm³/mol. The standard InChI is InChI=1S/C15H13BrN2O3/c16-11-2-3-12-10(5-11)6-13(21-12)15(20)18-8-9-1-4-14(19)17-7-9/h1-5,7,13H,6,8H2,(H,17,19)(H,18,20). The van der Waals surface area contributed by atoms with Crippen LogP contribution in [0.15, 0.2) is 45.8 Å². The number of fused-ring (bicyclic) bond motifs is 1. The van der Waals surface area contributed by atoms with Crippen molar-refractivity contribution in [2.75, 3.05) is 0 Å². The van der Waals surface area contributed by atoms with Crippen molar-refractivity contribution < 1.29 is 9.53 Å². The van der Waals surface area contributed by atoms with Crippen molar-refractivity contribution in [3.8, 4) is 5.75 Å². The first-order valence-electron chi connectivity index (χ1n) is 6.52. The van der Waals surface area contributed by atoms with Crippen LogP contribution in [0.3, 0.4) is 0 Å². The summed E-state index contributed by atoms with van der Waals surface area (Å²) in [6.07, 6.45) is 1.65. The summed E-state index contributed by atoms with van der Waals surface area (Å²) in [7, 11) is 0. The Morgan fingerprint density at radius 2 is 2.24 bits per heavy atom. The molecule has 5 nitrogen and oxygen atoms in total. The number of hydrogen-bond donors (Lipinski definition) is 2. The number of pyridine rings is 1. The maximum atomic E-state index is 12.1. The Labute approximate surface area is 129 Å². The molecule has 2 heterocycles. The van der Waals surface area contributed by atoms with Gasteiger partial charge in [-0.25, -0.2) is 0 Å². The van der Waals surface area contributed by atoms with Gasteiger partial charge in [0.25, 0.3) is 5.91 Å². The third-order valence-corrected chi connectivity index (χ3v) is 3.80. The largest absolute Gasteiger partial charge is 0.480 e. The van der Waals surface area contributed by atoms with Crippen LogP contribution in [-0.4, -0.2) is 17.0 Å². The SMILES string of the molecule is O=C(NCc1ccc(=O)[nH]c1)C1Cc2cc(Br)ccc2O1. The molecule has 21 heavy (non-hydrogen) atoms. The minimum atomic E-state index is -0.503. The van der Waals surface area contributed by atoms with E-state index in [1.54, 1.807) is 12.3 Å². The molecule has 1 atom stereocenters. The van der Waals surface area contributed by atoms with Gasteiger partial charge in [-0.1, -0.05) is 22.0 Å². The second-order valence-corrected chi connectivity index (χ2v) is 5.76. The van der Waals surface area contributed by atoms with Crippen LogP contribution in [0, 0.1) is 0 Å². The van der Waals surface area contributed by atoms with Gasteiger partial charge >= 0.3 is 0 Å². The molecule has 0 fully saturated rings. The number of aromatic amines is 1. The molecule has 3 rings (SSSR count). The lowest BCUT2D eigenvalue weighted by atomic mass is 10.1. The summed E-state index contributed by atoms with van der Waals surface area (Å²) in [5.41, 5.74) is 1.69. The Bertz CT molecular complexity index is 721. The van der Waals surface area contributed by atoms with Crippen LogP contribution in [-0.2, 0) is 17.8 Å². The molecular formula is C15H13BrN2O3. The number of amides is 1. The van der Waals surface area contributed by atoms with Crippen molar-refractivity contribution in [2.24, 2.45) is 0 Å². The minimum absolute atomic E-state index is 0.159. The minimum Gasteiger partial charge on any atom is -0.480 e. The fourth-order valence-electron chi connectivity index (χ4n) is 2.22. The van der Waals surface area contributed by atoms with E-state index >= 15 is 0 Å². The smallest absolute Gasteiger partial charge is 0.261 e. The number of halogens is 1. The van der Waals surface area contributed by atoms with Gasteiger partial charge in [-0.3, -0.25) is 9.59 Å². The Kier molecular flexibility index (Phi) is 3.79. The fraction of sp³-hybridized carbons (Fsp3) is 0.200. The summed E-state index contributed by atoms with van der Waals surface area (Å²) in [6.45, 7) is 0.357. The molecule has 1 aromatic heterocycles. The monoisotopic (exact) mass is 348 g/mol. The fourth-order valence-corrected chi connectivity index (χ4v) is 2.63. The topological polar surface area (TPSA) is 71.2 Å². The van der Waals surface area contributed by atoms with E-state index < -0.39 is 6.10 Å². The van der Waals surface area contributed by atoms with E-state index in [0.29, 0.717) is 13.0 Å². The van der Waals surface area contributed by atoms with Crippen LogP contribution in [0.1, 0.15) is 11.1 Å². The third kappa shape index (κ3) is 3.16. The summed E-state index contributed by atoms with van der Waals surface area (Å²) in [4.78, 5) is 25.6. The first-order chi connectivity index (χ1) is 10.1. The van der Waals surface area contributed by atoms with Gasteiger partial charge in [-0.05, 0) is 29.3 Å². The molecule has 1 amide bonds. The van der Waals surface area contributed by atoms with Gasteiger partial charge < -0.3 is 15.0 Å². The van der Waals surface area contributed by atoms with Crippen LogP contribution < -0.4 is 15.6 Å². The number of carbonyl (C=O) groups excluding carboxylic acids is 1. The van der Waals surface area contributed by atoms with Crippen LogP contribution >= 0.6 is 15.9 Å². The molecule has 2 N–H and O–H groups in total. The van der Waals surface area contributed by atoms with Gasteiger partial charge in [0.2, 0.25) is 5.56 Å². The van der Waals surface area contributed by atoms with Crippen molar-refractivity contribution in [1.82, 2.24) is 10.3 Å². The number of hydrogen-bond acceptors (Lipinski definition) is 3. The molecule has 0 radical (unpaired) electrons. The zero-order valence-electron chi connectivity index (χ0n) is 11.1. The molecule has 1 aromatic carbocycles. The zero-order valence-corrected chi connectivity index (χ0v) is 12.6. The highest BCUT2D eigenvalue weighted by Gasteiger charge is 2.28. The summed E-state index contributed by atoms with van der Waals surface area (Å²) in [5, 5.41) is 2.81. The van der Waals surface area contributed by atoms with E-state index in [0.717, 1.165) is 21.3 Å². The van der Waals surface area contributed by atoms with Crippen molar-refractivity contribution in [3.05, 3.63) is 62.5 Å². The van der Waals surface area contributed by atoms with Gasteiger partial charge in [0, 0.05) is 29.7 Å². The molecule has 1 unspecified atom stereocenters. The maximum Gasteiger partial charge on any atom is 0.261 e. The normalized spacial score (nSPS) is 16.1. The molecule has 2 aromatic rings. The van der Waals surface area contributed by atoms with Crippen molar-refractivity contribution in [3.63, 3.8) is 0 Å². The highest BCUT2D eigenvalue weighted by atomic mass is 79.9. The van der Waals surface area contributed by atoms with Crippen LogP contribution in [0.2, 0.25) is 0 Å². The summed E-state index contributed by atoms with van der Waals surface area (Å²) < 4.78 is 6.61. The Balaban J connectivity index is 1.60. The first kappa shape index (κ1) is 13.9. The molecule has 6 heteroatoms. The number of rotatable bonds is 3. The maximum absolute atomic E-state index is 12.1. The lowest BCUT2D eigenvalue weighted by Crippen LogP contribution is -2.37. The average molecular weight is 349 g/mol. The second-order valence-electron chi connectivity index (χ2n) is 4.84. The highest BCUT2D eigenvalue weighted by Crippen LogP contribution is 2.31. The van der Waals surface area contributed by atoms with Gasteiger partial charge in [-0.15, -0.1) is 0 Å². The van der Waals surface area contributed by atoms with Crippen molar-refractivity contribution in [1.29, 1.82) is 0 Å². The molecule has 0 saturated carbocycles. The van der Waals surface area contributed by atoms with E-state index in [2.05, 4.69) is 26.2 Å². The molecule has 1 aliphatic heterocycles. The Morgan fingerprint density at radius 3 is 3.00 bits per heavy atom. The highest BCUT2D eigenvalue weighted by molar-refractivity contribution is 9.10. The van der Waals surface area contributed by atoms with E-state index in [1.807, 2.05) is 18.2 Å².